The maximum absolute atomic E-state index is 14.6. The standard InChI is InChI=1S/C43H33ClF6N2O5/c44-35-22-12-11-21-34(35)42(27-13-3-1-4-14-27,28-15-5-2-6-16-28)57-37(53)23-36(38(54)52-25-40(45,46)43(49,50)41(47,48)26-52)51-39(55)56-24-33-31-19-9-7-17-29(31)30-18-8-10-20-32(30)33/h1-22,33,36H,23-26H2,(H,51,55). The number of amides is 2. The average molecular weight is 807 g/mol. The van der Waals surface area contributed by atoms with Gasteiger partial charge < -0.3 is 19.7 Å². The smallest absolute Gasteiger partial charge is 0.407 e. The highest BCUT2D eigenvalue weighted by Crippen LogP contribution is 2.50. The molecular weight excluding hydrogens is 774 g/mol. The van der Waals surface area contributed by atoms with Crippen LogP contribution in [0.25, 0.3) is 11.1 Å². The monoisotopic (exact) mass is 806 g/mol. The number of piperidine rings is 1. The zero-order valence-electron chi connectivity index (χ0n) is 29.8. The summed E-state index contributed by atoms with van der Waals surface area (Å²) >= 11 is 6.72. The normalized spacial score (nSPS) is 17.1. The van der Waals surface area contributed by atoms with Gasteiger partial charge in [0, 0.05) is 27.6 Å². The largest absolute Gasteiger partial charge is 0.449 e. The third-order valence-corrected chi connectivity index (χ3v) is 10.5. The first-order chi connectivity index (χ1) is 27.2. The summed E-state index contributed by atoms with van der Waals surface area (Å²) in [6.45, 7) is -4.53. The van der Waals surface area contributed by atoms with E-state index in [1.54, 1.807) is 97.1 Å². The SMILES string of the molecule is O=C(CC(NC(=O)OCC1c2ccccc2-c2ccccc21)C(=O)N1CC(F)(F)C(F)(F)C(F)(F)C1)OC(c1ccccc1)(c1ccccc1)c1ccccc1Cl. The van der Waals surface area contributed by atoms with Gasteiger partial charge in [-0.05, 0) is 28.3 Å². The predicted molar refractivity (Wildman–Crippen MR) is 198 cm³/mol. The number of benzene rings is 5. The molecule has 0 aromatic heterocycles. The van der Waals surface area contributed by atoms with Gasteiger partial charge in [-0.3, -0.25) is 9.59 Å². The van der Waals surface area contributed by atoms with E-state index in [-0.39, 0.29) is 22.1 Å². The van der Waals surface area contributed by atoms with Crippen molar-refractivity contribution in [2.75, 3.05) is 19.7 Å². The Bertz CT molecular complexity index is 2190. The zero-order chi connectivity index (χ0) is 40.6. The lowest BCUT2D eigenvalue weighted by molar-refractivity contribution is -0.335. The number of carbonyl (C=O) groups excluding carboxylic acids is 3. The predicted octanol–water partition coefficient (Wildman–Crippen LogP) is 9.22. The highest BCUT2D eigenvalue weighted by Gasteiger charge is 2.75. The molecule has 1 aliphatic heterocycles. The Morgan fingerprint density at radius 3 is 1.70 bits per heavy atom. The third-order valence-electron chi connectivity index (χ3n) is 10.2. The molecular formula is C43H33ClF6N2O5. The second-order valence-electron chi connectivity index (χ2n) is 13.8. The molecule has 7 rings (SSSR count). The van der Waals surface area contributed by atoms with Gasteiger partial charge in [0.25, 0.3) is 0 Å². The molecule has 0 saturated carbocycles. The number of nitrogens with one attached hydrogen (secondary N) is 1. The number of nitrogens with zero attached hydrogens (tertiary/aromatic N) is 1. The van der Waals surface area contributed by atoms with Gasteiger partial charge >= 0.3 is 29.8 Å². The molecule has 1 heterocycles. The van der Waals surface area contributed by atoms with Crippen LogP contribution in [-0.4, -0.2) is 66.4 Å². The number of alkyl carbamates (subject to hydrolysis) is 1. The molecule has 14 heteroatoms. The van der Waals surface area contributed by atoms with E-state index >= 15 is 0 Å². The maximum Gasteiger partial charge on any atom is 0.407 e. The van der Waals surface area contributed by atoms with E-state index in [0.29, 0.717) is 11.1 Å². The van der Waals surface area contributed by atoms with E-state index < -0.39 is 72.8 Å². The average Bonchev–Trinajstić information content (AvgIpc) is 3.52. The number of carbonyl (C=O) groups is 3. The van der Waals surface area contributed by atoms with Crippen molar-refractivity contribution in [2.45, 2.75) is 41.7 Å². The van der Waals surface area contributed by atoms with Crippen LogP contribution in [0.2, 0.25) is 5.02 Å². The Hall–Kier alpha value is -5.82. The van der Waals surface area contributed by atoms with Crippen LogP contribution < -0.4 is 5.32 Å². The van der Waals surface area contributed by atoms with Crippen LogP contribution >= 0.6 is 11.6 Å². The van der Waals surface area contributed by atoms with Gasteiger partial charge in [-0.25, -0.2) is 4.79 Å². The van der Waals surface area contributed by atoms with E-state index in [1.165, 1.54) is 0 Å². The number of fused-ring (bicyclic) bond motifs is 3. The van der Waals surface area contributed by atoms with Crippen LogP contribution in [0.15, 0.2) is 133 Å². The molecule has 1 aliphatic carbocycles. The summed E-state index contributed by atoms with van der Waals surface area (Å²) in [5.41, 5.74) is 2.72. The van der Waals surface area contributed by atoms with Gasteiger partial charge in [0.1, 0.15) is 12.6 Å². The molecule has 294 valence electrons. The minimum absolute atomic E-state index is 0.168. The van der Waals surface area contributed by atoms with Crippen molar-refractivity contribution in [3.63, 3.8) is 0 Å². The molecule has 7 nitrogen and oxygen atoms in total. The molecule has 1 saturated heterocycles. The fourth-order valence-electron chi connectivity index (χ4n) is 7.48. The van der Waals surface area contributed by atoms with Crippen LogP contribution in [0.3, 0.4) is 0 Å². The first-order valence-corrected chi connectivity index (χ1v) is 18.2. The Kier molecular flexibility index (Phi) is 10.6. The highest BCUT2D eigenvalue weighted by atomic mass is 35.5. The van der Waals surface area contributed by atoms with E-state index in [2.05, 4.69) is 5.32 Å². The Morgan fingerprint density at radius 1 is 0.702 bits per heavy atom. The fraction of sp³-hybridized carbons (Fsp3) is 0.233. The van der Waals surface area contributed by atoms with Crippen molar-refractivity contribution >= 4 is 29.6 Å². The van der Waals surface area contributed by atoms with E-state index in [9.17, 15) is 40.7 Å². The van der Waals surface area contributed by atoms with Crippen LogP contribution in [0.4, 0.5) is 31.1 Å². The van der Waals surface area contributed by atoms with Crippen molar-refractivity contribution in [1.82, 2.24) is 10.2 Å². The first kappa shape index (κ1) is 39.4. The lowest BCUT2D eigenvalue weighted by Gasteiger charge is -2.43. The summed E-state index contributed by atoms with van der Waals surface area (Å²) < 4.78 is 98.5. The fourth-order valence-corrected chi connectivity index (χ4v) is 7.75. The molecule has 0 radical (unpaired) electrons. The first-order valence-electron chi connectivity index (χ1n) is 17.8. The summed E-state index contributed by atoms with van der Waals surface area (Å²) in [7, 11) is 0. The van der Waals surface area contributed by atoms with Crippen molar-refractivity contribution < 1.29 is 50.2 Å². The number of esters is 1. The summed E-state index contributed by atoms with van der Waals surface area (Å²) in [5.74, 6) is -19.9. The number of rotatable bonds is 10. The van der Waals surface area contributed by atoms with Crippen molar-refractivity contribution in [3.05, 3.63) is 166 Å². The molecule has 57 heavy (non-hydrogen) atoms. The topological polar surface area (TPSA) is 84.9 Å². The van der Waals surface area contributed by atoms with Crippen molar-refractivity contribution in [2.24, 2.45) is 0 Å². The Labute approximate surface area is 328 Å². The number of alkyl halides is 6. The van der Waals surface area contributed by atoms with E-state index in [1.807, 2.05) is 36.4 Å². The molecule has 1 unspecified atom stereocenters. The molecule has 1 N–H and O–H groups in total. The number of hydrogen-bond donors (Lipinski definition) is 1. The molecule has 1 fully saturated rings. The summed E-state index contributed by atoms with van der Waals surface area (Å²) in [6, 6.07) is 35.8. The maximum atomic E-state index is 14.6. The molecule has 2 aliphatic rings. The Balaban J connectivity index is 1.21. The van der Waals surface area contributed by atoms with Gasteiger partial charge in [-0.15, -0.1) is 0 Å². The minimum atomic E-state index is -5.79. The van der Waals surface area contributed by atoms with Crippen molar-refractivity contribution in [3.8, 4) is 11.1 Å². The van der Waals surface area contributed by atoms with Crippen LogP contribution in [0.1, 0.15) is 40.2 Å². The summed E-state index contributed by atoms with van der Waals surface area (Å²) in [4.78, 5) is 41.4. The number of halogens is 7. The zero-order valence-corrected chi connectivity index (χ0v) is 30.6. The molecule has 1 atom stereocenters. The lowest BCUT2D eigenvalue weighted by Crippen LogP contribution is -2.69. The Morgan fingerprint density at radius 2 is 1.18 bits per heavy atom. The van der Waals surface area contributed by atoms with E-state index in [0.717, 1.165) is 22.3 Å². The third kappa shape index (κ3) is 7.20. The molecule has 0 spiro atoms. The van der Waals surface area contributed by atoms with Crippen LogP contribution in [0.5, 0.6) is 0 Å². The van der Waals surface area contributed by atoms with Crippen LogP contribution in [0, 0.1) is 0 Å². The number of likely N-dealkylation sites (tertiary alicyclic amines) is 1. The quantitative estimate of drug-likeness (QED) is 0.0865. The van der Waals surface area contributed by atoms with Gasteiger partial charge in [0.15, 0.2) is 5.60 Å². The second kappa shape index (κ2) is 15.3. The van der Waals surface area contributed by atoms with Gasteiger partial charge in [0.05, 0.1) is 19.5 Å². The van der Waals surface area contributed by atoms with Gasteiger partial charge in [0.2, 0.25) is 5.91 Å². The molecule has 0 bridgehead atoms. The van der Waals surface area contributed by atoms with Crippen LogP contribution in [-0.2, 0) is 24.7 Å². The summed E-state index contributed by atoms with van der Waals surface area (Å²) in [5, 5.41) is 2.32. The van der Waals surface area contributed by atoms with Crippen molar-refractivity contribution in [1.29, 1.82) is 0 Å². The highest BCUT2D eigenvalue weighted by molar-refractivity contribution is 6.31. The number of hydrogen-bond acceptors (Lipinski definition) is 5. The van der Waals surface area contributed by atoms with Gasteiger partial charge in [-0.1, -0.05) is 139 Å². The molecule has 2 amide bonds. The second-order valence-corrected chi connectivity index (χ2v) is 14.2. The minimum Gasteiger partial charge on any atom is -0.449 e. The molecule has 5 aromatic rings. The van der Waals surface area contributed by atoms with Gasteiger partial charge in [-0.2, -0.15) is 26.3 Å². The number of ether oxygens (including phenoxy) is 2. The summed E-state index contributed by atoms with van der Waals surface area (Å²) in [6.07, 6.45) is -2.44. The van der Waals surface area contributed by atoms with E-state index in [4.69, 9.17) is 21.1 Å². The molecule has 5 aromatic carbocycles. The lowest BCUT2D eigenvalue weighted by atomic mass is 9.80.